The number of piperidine rings is 1. The first kappa shape index (κ1) is 19.4. The molecule has 0 bridgehead atoms. The predicted octanol–water partition coefficient (Wildman–Crippen LogP) is 2.73. The summed E-state index contributed by atoms with van der Waals surface area (Å²) in [6.45, 7) is 2.07. The Kier molecular flexibility index (Phi) is 6.12. The molecule has 1 aromatic heterocycles. The van der Waals surface area contributed by atoms with Gasteiger partial charge in [-0.2, -0.15) is 0 Å². The molecule has 0 spiro atoms. The van der Waals surface area contributed by atoms with Crippen molar-refractivity contribution in [3.63, 3.8) is 0 Å². The second-order valence-electron chi connectivity index (χ2n) is 6.30. The Hall–Kier alpha value is -2.39. The molecule has 0 N–H and O–H groups in total. The molecule has 0 amide bonds. The van der Waals surface area contributed by atoms with Crippen molar-refractivity contribution in [2.24, 2.45) is 5.92 Å². The van der Waals surface area contributed by atoms with Crippen molar-refractivity contribution < 1.29 is 23.4 Å². The van der Waals surface area contributed by atoms with Crippen LogP contribution in [0.5, 0.6) is 11.5 Å². The molecular weight excluding hydrogens is 370 g/mol. The van der Waals surface area contributed by atoms with E-state index in [0.29, 0.717) is 28.9 Å². The van der Waals surface area contributed by atoms with Crippen LogP contribution in [-0.4, -0.2) is 55.1 Å². The first-order valence-corrected chi connectivity index (χ1v) is 9.07. The van der Waals surface area contributed by atoms with Crippen molar-refractivity contribution in [1.82, 2.24) is 14.7 Å². The van der Waals surface area contributed by atoms with Crippen molar-refractivity contribution in [3.05, 3.63) is 23.0 Å². The number of rotatable bonds is 6. The van der Waals surface area contributed by atoms with Crippen LogP contribution in [0.15, 0.2) is 22.6 Å². The van der Waals surface area contributed by atoms with Crippen LogP contribution in [0.2, 0.25) is 0 Å². The van der Waals surface area contributed by atoms with Gasteiger partial charge in [-0.15, -0.1) is 5.10 Å². The normalized spacial score (nSPS) is 15.5. The summed E-state index contributed by atoms with van der Waals surface area (Å²) in [7, 11) is 4.59. The summed E-state index contributed by atoms with van der Waals surface area (Å²) in [5.41, 5.74) is 0.752. The second-order valence-corrected chi connectivity index (χ2v) is 6.65. The van der Waals surface area contributed by atoms with Gasteiger partial charge in [-0.25, -0.2) is 4.68 Å². The number of nitrogens with zero attached hydrogens (tertiary/aromatic N) is 3. The van der Waals surface area contributed by atoms with Crippen LogP contribution in [0.1, 0.15) is 12.8 Å². The van der Waals surface area contributed by atoms with E-state index in [2.05, 4.69) is 10.00 Å². The van der Waals surface area contributed by atoms with Gasteiger partial charge in [0.25, 0.3) is 4.84 Å². The van der Waals surface area contributed by atoms with Crippen LogP contribution in [-0.2, 0) is 16.2 Å². The molecule has 9 heteroatoms. The molecule has 0 radical (unpaired) electrons. The molecule has 1 fully saturated rings. The zero-order valence-corrected chi connectivity index (χ0v) is 16.5. The number of likely N-dealkylation sites (tertiary alicyclic amines) is 1. The lowest BCUT2D eigenvalue weighted by molar-refractivity contribution is -0.147. The largest absolute Gasteiger partial charge is 0.493 e. The van der Waals surface area contributed by atoms with Gasteiger partial charge in [-0.1, -0.05) is 0 Å². The molecule has 1 aromatic carbocycles. The standard InChI is InChI=1S/C18H23N3O5S/c1-23-14-5-4-13(10-15(14)24-2)16-19-21(18(27)26-16)11-20-8-6-12(7-9-20)17(22)25-3/h4-5,10,12H,6-9,11H2,1-3H3. The van der Waals surface area contributed by atoms with E-state index in [4.69, 9.17) is 30.8 Å². The number of aromatic nitrogens is 2. The van der Waals surface area contributed by atoms with Crippen LogP contribution < -0.4 is 9.47 Å². The Morgan fingerprint density at radius 3 is 2.56 bits per heavy atom. The van der Waals surface area contributed by atoms with Gasteiger partial charge in [0, 0.05) is 18.7 Å². The zero-order valence-electron chi connectivity index (χ0n) is 15.6. The number of benzene rings is 1. The molecule has 1 saturated heterocycles. The van der Waals surface area contributed by atoms with Crippen LogP contribution in [0.4, 0.5) is 0 Å². The average Bonchev–Trinajstić information content (AvgIpc) is 3.07. The minimum absolute atomic E-state index is 0.0288. The fourth-order valence-electron chi connectivity index (χ4n) is 3.15. The molecule has 146 valence electrons. The third-order valence-corrected chi connectivity index (χ3v) is 4.99. The van der Waals surface area contributed by atoms with Crippen molar-refractivity contribution in [2.45, 2.75) is 19.5 Å². The lowest BCUT2D eigenvalue weighted by Gasteiger charge is -2.29. The SMILES string of the molecule is COC(=O)C1CCN(Cn2nc(-c3ccc(OC)c(OC)c3)oc2=S)CC1. The monoisotopic (exact) mass is 393 g/mol. The minimum Gasteiger partial charge on any atom is -0.493 e. The van der Waals surface area contributed by atoms with Crippen LogP contribution >= 0.6 is 12.2 Å². The van der Waals surface area contributed by atoms with E-state index >= 15 is 0 Å². The molecule has 1 aliphatic rings. The Bertz CT molecular complexity index is 855. The van der Waals surface area contributed by atoms with Gasteiger partial charge in [-0.3, -0.25) is 9.69 Å². The topological polar surface area (TPSA) is 79.0 Å². The fourth-order valence-corrected chi connectivity index (χ4v) is 3.33. The number of esters is 1. The number of ether oxygens (including phenoxy) is 3. The van der Waals surface area contributed by atoms with Crippen LogP contribution in [0.25, 0.3) is 11.5 Å². The Balaban J connectivity index is 1.71. The summed E-state index contributed by atoms with van der Waals surface area (Å²) in [6, 6.07) is 5.43. The molecule has 0 saturated carbocycles. The maximum atomic E-state index is 11.6. The van der Waals surface area contributed by atoms with E-state index in [1.165, 1.54) is 7.11 Å². The summed E-state index contributed by atoms with van der Waals surface area (Å²) in [6.07, 6.45) is 1.53. The van der Waals surface area contributed by atoms with E-state index < -0.39 is 0 Å². The maximum absolute atomic E-state index is 11.6. The highest BCUT2D eigenvalue weighted by Crippen LogP contribution is 2.31. The second kappa shape index (κ2) is 8.53. The lowest BCUT2D eigenvalue weighted by atomic mass is 9.97. The van der Waals surface area contributed by atoms with Crippen LogP contribution in [0, 0.1) is 10.8 Å². The number of carbonyl (C=O) groups is 1. The van der Waals surface area contributed by atoms with E-state index in [9.17, 15) is 4.79 Å². The smallest absolute Gasteiger partial charge is 0.308 e. The number of hydrogen-bond donors (Lipinski definition) is 0. The quantitative estimate of drug-likeness (QED) is 0.548. The lowest BCUT2D eigenvalue weighted by Crippen LogP contribution is -2.38. The van der Waals surface area contributed by atoms with Gasteiger partial charge < -0.3 is 18.6 Å². The summed E-state index contributed by atoms with van der Waals surface area (Å²) >= 11 is 5.31. The van der Waals surface area contributed by atoms with Crippen molar-refractivity contribution in [2.75, 3.05) is 34.4 Å². The third-order valence-electron chi connectivity index (χ3n) is 4.69. The summed E-state index contributed by atoms with van der Waals surface area (Å²) < 4.78 is 22.7. The van der Waals surface area contributed by atoms with E-state index in [1.807, 2.05) is 6.07 Å². The highest BCUT2D eigenvalue weighted by molar-refractivity contribution is 7.71. The molecular formula is C18H23N3O5S. The molecule has 1 aliphatic heterocycles. The fraction of sp³-hybridized carbons (Fsp3) is 0.500. The summed E-state index contributed by atoms with van der Waals surface area (Å²) in [4.78, 5) is 14.1. The molecule has 0 atom stereocenters. The first-order chi connectivity index (χ1) is 13.0. The molecule has 0 unspecified atom stereocenters. The van der Waals surface area contributed by atoms with Crippen molar-refractivity contribution in [1.29, 1.82) is 0 Å². The highest BCUT2D eigenvalue weighted by atomic mass is 32.1. The Morgan fingerprint density at radius 2 is 1.93 bits per heavy atom. The Morgan fingerprint density at radius 1 is 1.22 bits per heavy atom. The predicted molar refractivity (Wildman–Crippen MR) is 100 cm³/mol. The van der Waals surface area contributed by atoms with Crippen molar-refractivity contribution >= 4 is 18.2 Å². The van der Waals surface area contributed by atoms with Crippen molar-refractivity contribution in [3.8, 4) is 23.0 Å². The zero-order chi connectivity index (χ0) is 19.4. The molecule has 27 heavy (non-hydrogen) atoms. The van der Waals surface area contributed by atoms with E-state index in [0.717, 1.165) is 31.5 Å². The molecule has 0 aliphatic carbocycles. The van der Waals surface area contributed by atoms with Gasteiger partial charge in [-0.05, 0) is 43.3 Å². The van der Waals surface area contributed by atoms with Crippen LogP contribution in [0.3, 0.4) is 0 Å². The summed E-state index contributed by atoms with van der Waals surface area (Å²) in [5.74, 6) is 1.48. The van der Waals surface area contributed by atoms with Gasteiger partial charge in [0.05, 0.1) is 33.9 Å². The molecule has 2 heterocycles. The van der Waals surface area contributed by atoms with E-state index in [-0.39, 0.29) is 11.9 Å². The minimum atomic E-state index is -0.136. The van der Waals surface area contributed by atoms with E-state index in [1.54, 1.807) is 31.0 Å². The number of methoxy groups -OCH3 is 3. The number of carbonyl (C=O) groups excluding carboxylic acids is 1. The average molecular weight is 393 g/mol. The molecule has 2 aromatic rings. The first-order valence-electron chi connectivity index (χ1n) is 8.66. The van der Waals surface area contributed by atoms with Gasteiger partial charge in [0.15, 0.2) is 11.5 Å². The molecule has 3 rings (SSSR count). The maximum Gasteiger partial charge on any atom is 0.308 e. The van der Waals surface area contributed by atoms with Gasteiger partial charge in [0.1, 0.15) is 0 Å². The summed E-state index contributed by atoms with van der Waals surface area (Å²) in [5, 5.41) is 4.49. The third kappa shape index (κ3) is 4.30. The number of hydrogen-bond acceptors (Lipinski definition) is 8. The highest BCUT2D eigenvalue weighted by Gasteiger charge is 2.26. The van der Waals surface area contributed by atoms with Gasteiger partial charge >= 0.3 is 5.97 Å². The molecule has 8 nitrogen and oxygen atoms in total. The van der Waals surface area contributed by atoms with Gasteiger partial charge in [0.2, 0.25) is 5.89 Å². The Labute approximate surface area is 162 Å².